The third kappa shape index (κ3) is 2.73. The number of fused-ring (bicyclic) bond motifs is 1. The van der Waals surface area contributed by atoms with Crippen LogP contribution in [0.15, 0.2) is 24.3 Å². The van der Waals surface area contributed by atoms with Gasteiger partial charge in [-0.05, 0) is 44.7 Å². The van der Waals surface area contributed by atoms with Gasteiger partial charge in [-0.1, -0.05) is 24.1 Å². The molecule has 0 amide bonds. The first-order chi connectivity index (χ1) is 10.6. The van der Waals surface area contributed by atoms with Crippen molar-refractivity contribution in [3.63, 3.8) is 0 Å². The molecule has 2 aromatic carbocycles. The van der Waals surface area contributed by atoms with E-state index in [-0.39, 0.29) is 23.2 Å². The third-order valence-electron chi connectivity index (χ3n) is 4.29. The monoisotopic (exact) mass is 300 g/mol. The van der Waals surface area contributed by atoms with Gasteiger partial charge in [0.15, 0.2) is 0 Å². The first-order valence-electron chi connectivity index (χ1n) is 7.72. The van der Waals surface area contributed by atoms with E-state index in [2.05, 4.69) is 0 Å². The third-order valence-corrected chi connectivity index (χ3v) is 4.29. The van der Waals surface area contributed by atoms with Crippen molar-refractivity contribution < 1.29 is 19.7 Å². The highest BCUT2D eigenvalue weighted by atomic mass is 16.5. The van der Waals surface area contributed by atoms with E-state index in [1.54, 1.807) is 12.1 Å². The predicted octanol–water partition coefficient (Wildman–Crippen LogP) is 4.05. The number of hydrogen-bond acceptors (Lipinski definition) is 4. The molecule has 2 aromatic rings. The van der Waals surface area contributed by atoms with Crippen LogP contribution in [0.5, 0.6) is 11.5 Å². The molecule has 0 saturated heterocycles. The molecule has 1 aliphatic carbocycles. The van der Waals surface area contributed by atoms with Crippen LogP contribution in [0.25, 0.3) is 10.8 Å². The van der Waals surface area contributed by atoms with E-state index in [0.717, 1.165) is 31.2 Å². The zero-order valence-electron chi connectivity index (χ0n) is 12.6. The fraction of sp³-hybridized carbons (Fsp3) is 0.389. The number of carbonyl (C=O) groups is 1. The minimum absolute atomic E-state index is 0.0212. The van der Waals surface area contributed by atoms with E-state index in [1.165, 1.54) is 12.5 Å². The molecule has 0 atom stereocenters. The molecule has 0 aliphatic heterocycles. The van der Waals surface area contributed by atoms with E-state index in [4.69, 9.17) is 4.74 Å². The summed E-state index contributed by atoms with van der Waals surface area (Å²) in [6, 6.07) is 6.61. The van der Waals surface area contributed by atoms with Crippen LogP contribution in [0.3, 0.4) is 0 Å². The van der Waals surface area contributed by atoms with Gasteiger partial charge in [-0.25, -0.2) is 4.79 Å². The summed E-state index contributed by atoms with van der Waals surface area (Å²) in [5.41, 5.74) is 0.999. The Labute approximate surface area is 129 Å². The largest absolute Gasteiger partial charge is 0.507 e. The lowest BCUT2D eigenvalue weighted by atomic mass is 9.97. The smallest absolute Gasteiger partial charge is 0.342 e. The van der Waals surface area contributed by atoms with Crippen LogP contribution >= 0.6 is 0 Å². The minimum atomic E-state index is -0.567. The SMILES string of the molecule is Cc1ccc2c(O)c(C(=O)OC3CCCCC3)cc(O)c2c1. The lowest BCUT2D eigenvalue weighted by molar-refractivity contribution is 0.0208. The second-order valence-corrected chi connectivity index (χ2v) is 6.01. The average Bonchev–Trinajstić information content (AvgIpc) is 2.51. The fourth-order valence-electron chi connectivity index (χ4n) is 3.06. The molecule has 0 unspecified atom stereocenters. The van der Waals surface area contributed by atoms with Crippen molar-refractivity contribution in [1.82, 2.24) is 0 Å². The summed E-state index contributed by atoms with van der Waals surface area (Å²) >= 11 is 0. The Kier molecular flexibility index (Phi) is 3.92. The van der Waals surface area contributed by atoms with Crippen LogP contribution < -0.4 is 0 Å². The number of ether oxygens (including phenoxy) is 1. The lowest BCUT2D eigenvalue weighted by Crippen LogP contribution is -2.21. The number of esters is 1. The standard InChI is InChI=1S/C18H20O4/c1-11-7-8-13-14(9-11)16(19)10-15(17(13)20)18(21)22-12-5-3-2-4-6-12/h7-10,12,19-20H,2-6H2,1H3. The number of benzene rings is 2. The van der Waals surface area contributed by atoms with Crippen molar-refractivity contribution in [1.29, 1.82) is 0 Å². The number of aryl methyl sites for hydroxylation is 1. The summed E-state index contributed by atoms with van der Waals surface area (Å²) in [7, 11) is 0. The van der Waals surface area contributed by atoms with Crippen LogP contribution in [0, 0.1) is 6.92 Å². The highest BCUT2D eigenvalue weighted by Gasteiger charge is 2.23. The van der Waals surface area contributed by atoms with Gasteiger partial charge in [0.25, 0.3) is 0 Å². The summed E-state index contributed by atoms with van der Waals surface area (Å²) in [4.78, 5) is 12.3. The minimum Gasteiger partial charge on any atom is -0.507 e. The van der Waals surface area contributed by atoms with Crippen molar-refractivity contribution in [2.45, 2.75) is 45.1 Å². The molecule has 22 heavy (non-hydrogen) atoms. The predicted molar refractivity (Wildman–Crippen MR) is 84.3 cm³/mol. The van der Waals surface area contributed by atoms with Gasteiger partial charge in [0.1, 0.15) is 23.2 Å². The van der Waals surface area contributed by atoms with Gasteiger partial charge < -0.3 is 14.9 Å². The first kappa shape index (κ1) is 14.7. The van der Waals surface area contributed by atoms with Gasteiger partial charge in [-0.2, -0.15) is 0 Å². The summed E-state index contributed by atoms with van der Waals surface area (Å²) < 4.78 is 5.48. The quantitative estimate of drug-likeness (QED) is 0.648. The Hall–Kier alpha value is -2.23. The second-order valence-electron chi connectivity index (χ2n) is 6.01. The average molecular weight is 300 g/mol. The molecule has 3 rings (SSSR count). The number of aromatic hydroxyl groups is 2. The zero-order valence-corrected chi connectivity index (χ0v) is 12.6. The molecular formula is C18H20O4. The molecule has 1 saturated carbocycles. The molecule has 0 aromatic heterocycles. The number of carbonyl (C=O) groups excluding carboxylic acids is 1. The summed E-state index contributed by atoms with van der Waals surface area (Å²) in [5.74, 6) is -0.720. The molecule has 4 nitrogen and oxygen atoms in total. The normalized spacial score (nSPS) is 15.9. The highest BCUT2D eigenvalue weighted by Crippen LogP contribution is 2.36. The Morgan fingerprint density at radius 1 is 1.09 bits per heavy atom. The molecular weight excluding hydrogens is 280 g/mol. The molecule has 0 bridgehead atoms. The van der Waals surface area contributed by atoms with Crippen molar-refractivity contribution >= 4 is 16.7 Å². The van der Waals surface area contributed by atoms with E-state index in [0.29, 0.717) is 10.8 Å². The van der Waals surface area contributed by atoms with E-state index in [9.17, 15) is 15.0 Å². The Bertz CT molecular complexity index is 715. The topological polar surface area (TPSA) is 66.8 Å². The lowest BCUT2D eigenvalue weighted by Gasteiger charge is -2.22. The Morgan fingerprint density at radius 2 is 1.82 bits per heavy atom. The molecule has 2 N–H and O–H groups in total. The molecule has 1 aliphatic rings. The maximum atomic E-state index is 12.3. The summed E-state index contributed by atoms with van der Waals surface area (Å²) in [6.45, 7) is 1.90. The number of hydrogen-bond donors (Lipinski definition) is 2. The molecule has 0 heterocycles. The van der Waals surface area contributed by atoms with Gasteiger partial charge in [-0.3, -0.25) is 0 Å². The van der Waals surface area contributed by atoms with Crippen LogP contribution in [0.1, 0.15) is 48.0 Å². The van der Waals surface area contributed by atoms with Gasteiger partial charge in [0.05, 0.1) is 0 Å². The van der Waals surface area contributed by atoms with Crippen LogP contribution in [0.4, 0.5) is 0 Å². The van der Waals surface area contributed by atoms with Gasteiger partial charge in [0, 0.05) is 10.8 Å². The van der Waals surface area contributed by atoms with Gasteiger partial charge in [-0.15, -0.1) is 0 Å². The number of rotatable bonds is 2. The molecule has 1 fully saturated rings. The van der Waals surface area contributed by atoms with Crippen molar-refractivity contribution in [2.24, 2.45) is 0 Å². The number of phenolic OH excluding ortho intramolecular Hbond substituents is 2. The summed E-state index contributed by atoms with van der Waals surface area (Å²) in [6.07, 6.45) is 4.95. The van der Waals surface area contributed by atoms with Crippen LogP contribution in [-0.4, -0.2) is 22.3 Å². The van der Waals surface area contributed by atoms with E-state index < -0.39 is 5.97 Å². The van der Waals surface area contributed by atoms with Crippen molar-refractivity contribution in [3.8, 4) is 11.5 Å². The fourth-order valence-corrected chi connectivity index (χ4v) is 3.06. The second kappa shape index (κ2) is 5.87. The van der Waals surface area contributed by atoms with Crippen molar-refractivity contribution in [2.75, 3.05) is 0 Å². The molecule has 0 spiro atoms. The Balaban J connectivity index is 1.94. The van der Waals surface area contributed by atoms with E-state index >= 15 is 0 Å². The maximum absolute atomic E-state index is 12.3. The maximum Gasteiger partial charge on any atom is 0.342 e. The van der Waals surface area contributed by atoms with E-state index in [1.807, 2.05) is 13.0 Å². The Morgan fingerprint density at radius 3 is 2.55 bits per heavy atom. The number of phenols is 2. The van der Waals surface area contributed by atoms with Crippen LogP contribution in [-0.2, 0) is 4.74 Å². The summed E-state index contributed by atoms with van der Waals surface area (Å²) in [5, 5.41) is 21.5. The highest BCUT2D eigenvalue weighted by molar-refractivity contribution is 6.03. The van der Waals surface area contributed by atoms with Crippen LogP contribution in [0.2, 0.25) is 0 Å². The van der Waals surface area contributed by atoms with Crippen molar-refractivity contribution in [3.05, 3.63) is 35.4 Å². The van der Waals surface area contributed by atoms with Gasteiger partial charge >= 0.3 is 5.97 Å². The first-order valence-corrected chi connectivity index (χ1v) is 7.72. The molecule has 0 radical (unpaired) electrons. The zero-order chi connectivity index (χ0) is 15.7. The van der Waals surface area contributed by atoms with Gasteiger partial charge in [0.2, 0.25) is 0 Å². The molecule has 4 heteroatoms. The molecule has 116 valence electrons.